The molecular formula is C22H19FN2O5. The molecule has 2 aliphatic heterocycles. The highest BCUT2D eigenvalue weighted by molar-refractivity contribution is 6.50. The molecule has 30 heavy (non-hydrogen) atoms. The van der Waals surface area contributed by atoms with Crippen molar-refractivity contribution in [3.05, 3.63) is 71.0 Å². The van der Waals surface area contributed by atoms with Crippen LogP contribution in [-0.4, -0.2) is 54.9 Å². The van der Waals surface area contributed by atoms with E-state index < -0.39 is 34.7 Å². The molecule has 0 radical (unpaired) electrons. The molecule has 7 nitrogen and oxygen atoms in total. The second kappa shape index (κ2) is 7.07. The minimum Gasteiger partial charge on any atom is -0.507 e. The van der Waals surface area contributed by atoms with Crippen molar-refractivity contribution in [3.8, 4) is 0 Å². The predicted molar refractivity (Wildman–Crippen MR) is 106 cm³/mol. The molecule has 2 heterocycles. The lowest BCUT2D eigenvalue weighted by atomic mass is 9.82. The number of nitrogens with zero attached hydrogens (tertiary/aromatic N) is 2. The number of likely N-dealkylation sites (N-methyl/N-ethyl adjacent to an activating group) is 1. The number of aliphatic hydroxyl groups is 1. The molecule has 2 aliphatic rings. The Morgan fingerprint density at radius 1 is 1.10 bits per heavy atom. The van der Waals surface area contributed by atoms with E-state index in [-0.39, 0.29) is 24.3 Å². The number of hydrogen-bond acceptors (Lipinski definition) is 5. The second-order valence-electron chi connectivity index (χ2n) is 7.10. The number of hydrogen-bond donors (Lipinski definition) is 1. The minimum atomic E-state index is -1.82. The fraction of sp³-hybridized carbons (Fsp3) is 0.227. The summed E-state index contributed by atoms with van der Waals surface area (Å²) in [5, 5.41) is 11.1. The van der Waals surface area contributed by atoms with Crippen molar-refractivity contribution in [1.29, 1.82) is 0 Å². The summed E-state index contributed by atoms with van der Waals surface area (Å²) in [6.45, 7) is 0.0553. The van der Waals surface area contributed by atoms with Gasteiger partial charge in [-0.3, -0.25) is 14.4 Å². The lowest BCUT2D eigenvalue weighted by Gasteiger charge is -2.34. The summed E-state index contributed by atoms with van der Waals surface area (Å²) in [6, 6.07) is 11.6. The summed E-state index contributed by atoms with van der Waals surface area (Å²) in [4.78, 5) is 42.2. The molecule has 2 aromatic carbocycles. The van der Waals surface area contributed by atoms with Crippen LogP contribution in [0.1, 0.15) is 11.1 Å². The molecule has 2 amide bonds. The average molecular weight is 410 g/mol. The number of rotatable bonds is 4. The Kier molecular flexibility index (Phi) is 4.66. The van der Waals surface area contributed by atoms with Crippen LogP contribution in [-0.2, 0) is 24.7 Å². The smallest absolute Gasteiger partial charge is 0.296 e. The number of para-hydroxylation sites is 1. The van der Waals surface area contributed by atoms with Crippen LogP contribution in [0.2, 0.25) is 0 Å². The summed E-state index contributed by atoms with van der Waals surface area (Å²) in [5.41, 5.74) is -1.10. The lowest BCUT2D eigenvalue weighted by molar-refractivity contribution is -0.144. The third-order valence-corrected chi connectivity index (χ3v) is 5.58. The van der Waals surface area contributed by atoms with Gasteiger partial charge in [-0.15, -0.1) is 0 Å². The Balaban J connectivity index is 2.05. The van der Waals surface area contributed by atoms with E-state index in [0.717, 1.165) is 17.0 Å². The maximum Gasteiger partial charge on any atom is 0.296 e. The van der Waals surface area contributed by atoms with E-state index in [9.17, 15) is 23.9 Å². The SMILES string of the molecule is COCCN1C(=O)C(=O)/C(=C(\O)c2ccc(F)cc2)C12C(=O)N(C)c1ccccc12. The van der Waals surface area contributed by atoms with Crippen molar-refractivity contribution in [2.45, 2.75) is 5.54 Å². The highest BCUT2D eigenvalue weighted by Gasteiger charge is 2.66. The van der Waals surface area contributed by atoms with Crippen molar-refractivity contribution in [3.63, 3.8) is 0 Å². The van der Waals surface area contributed by atoms with E-state index in [1.54, 1.807) is 31.3 Å². The molecule has 1 atom stereocenters. The first-order valence-corrected chi connectivity index (χ1v) is 9.28. The molecular weight excluding hydrogens is 391 g/mol. The fourth-order valence-corrected chi connectivity index (χ4v) is 4.21. The Labute approximate surface area is 172 Å². The van der Waals surface area contributed by atoms with Crippen LogP contribution < -0.4 is 4.90 Å². The van der Waals surface area contributed by atoms with Crippen molar-refractivity contribution < 1.29 is 28.6 Å². The Hall–Kier alpha value is -3.52. The maximum atomic E-state index is 13.6. The van der Waals surface area contributed by atoms with Gasteiger partial charge in [0.2, 0.25) is 0 Å². The first-order valence-electron chi connectivity index (χ1n) is 9.28. The molecule has 154 valence electrons. The average Bonchev–Trinajstić information content (AvgIpc) is 3.11. The van der Waals surface area contributed by atoms with Gasteiger partial charge in [-0.25, -0.2) is 4.39 Å². The van der Waals surface area contributed by atoms with Crippen LogP contribution in [0.3, 0.4) is 0 Å². The zero-order chi connectivity index (χ0) is 21.6. The van der Waals surface area contributed by atoms with Gasteiger partial charge in [0.05, 0.1) is 12.2 Å². The number of benzene rings is 2. The number of carbonyl (C=O) groups excluding carboxylic acids is 3. The van der Waals surface area contributed by atoms with Gasteiger partial charge in [-0.05, 0) is 30.3 Å². The molecule has 1 spiro atoms. The first kappa shape index (κ1) is 19.8. The number of fused-ring (bicyclic) bond motifs is 2. The van der Waals surface area contributed by atoms with Crippen LogP contribution in [0.4, 0.5) is 10.1 Å². The van der Waals surface area contributed by atoms with Gasteiger partial charge in [0, 0.05) is 37.5 Å². The molecule has 1 fully saturated rings. The largest absolute Gasteiger partial charge is 0.507 e. The molecule has 0 bridgehead atoms. The van der Waals surface area contributed by atoms with Crippen molar-refractivity contribution >= 4 is 29.0 Å². The number of likely N-dealkylation sites (tertiary alicyclic amines) is 1. The summed E-state index contributed by atoms with van der Waals surface area (Å²) in [6.07, 6.45) is 0. The predicted octanol–water partition coefficient (Wildman–Crippen LogP) is 2.02. The normalized spacial score (nSPS) is 22.3. The van der Waals surface area contributed by atoms with E-state index in [1.807, 2.05) is 0 Å². The van der Waals surface area contributed by atoms with Crippen molar-refractivity contribution in [2.75, 3.05) is 32.2 Å². The first-order chi connectivity index (χ1) is 14.4. The molecule has 1 N–H and O–H groups in total. The number of methoxy groups -OCH3 is 1. The van der Waals surface area contributed by atoms with Gasteiger partial charge in [0.15, 0.2) is 5.54 Å². The second-order valence-corrected chi connectivity index (χ2v) is 7.10. The Bertz CT molecular complexity index is 1090. The van der Waals surface area contributed by atoms with Crippen molar-refractivity contribution in [1.82, 2.24) is 4.90 Å². The molecule has 8 heteroatoms. The summed E-state index contributed by atoms with van der Waals surface area (Å²) in [5.74, 6) is -3.49. The number of amides is 2. The van der Waals surface area contributed by atoms with Gasteiger partial charge in [0.1, 0.15) is 11.6 Å². The molecule has 1 unspecified atom stereocenters. The summed E-state index contributed by atoms with van der Waals surface area (Å²) in [7, 11) is 2.99. The van der Waals surface area contributed by atoms with Gasteiger partial charge in [-0.1, -0.05) is 18.2 Å². The minimum absolute atomic E-state index is 0.0326. The molecule has 2 aromatic rings. The monoisotopic (exact) mass is 410 g/mol. The topological polar surface area (TPSA) is 87.1 Å². The number of ketones is 1. The third kappa shape index (κ3) is 2.50. The molecule has 1 saturated heterocycles. The van der Waals surface area contributed by atoms with Gasteiger partial charge in [-0.2, -0.15) is 0 Å². The van der Waals surface area contributed by atoms with Crippen LogP contribution >= 0.6 is 0 Å². The molecule has 4 rings (SSSR count). The van der Waals surface area contributed by atoms with Crippen LogP contribution in [0.5, 0.6) is 0 Å². The summed E-state index contributed by atoms with van der Waals surface area (Å²) >= 11 is 0. The highest BCUT2D eigenvalue weighted by atomic mass is 19.1. The lowest BCUT2D eigenvalue weighted by Crippen LogP contribution is -2.52. The standard InChI is InChI=1S/C22H19FN2O5/c1-24-16-6-4-3-5-15(16)22(21(24)29)17(18(26)13-7-9-14(23)10-8-13)19(27)20(28)25(22)11-12-30-2/h3-10,26H,11-12H2,1-2H3/b18-17+. The Morgan fingerprint density at radius 2 is 1.77 bits per heavy atom. The zero-order valence-corrected chi connectivity index (χ0v) is 16.4. The highest BCUT2D eigenvalue weighted by Crippen LogP contribution is 2.53. The van der Waals surface area contributed by atoms with E-state index in [0.29, 0.717) is 11.3 Å². The van der Waals surface area contributed by atoms with Gasteiger partial charge in [0.25, 0.3) is 17.6 Å². The van der Waals surface area contributed by atoms with Crippen molar-refractivity contribution in [2.24, 2.45) is 0 Å². The Morgan fingerprint density at radius 3 is 2.43 bits per heavy atom. The van der Waals surface area contributed by atoms with E-state index >= 15 is 0 Å². The third-order valence-electron chi connectivity index (χ3n) is 5.58. The maximum absolute atomic E-state index is 13.6. The van der Waals surface area contributed by atoms with Gasteiger partial charge < -0.3 is 19.6 Å². The number of Topliss-reactive ketones (excluding diaryl/α,β-unsaturated/α-hetero) is 1. The number of aliphatic hydroxyl groups excluding tert-OH is 1. The van der Waals surface area contributed by atoms with E-state index in [1.165, 1.54) is 24.1 Å². The van der Waals surface area contributed by atoms with Crippen LogP contribution in [0.25, 0.3) is 5.76 Å². The molecule has 0 aliphatic carbocycles. The van der Waals surface area contributed by atoms with Crippen LogP contribution in [0, 0.1) is 5.82 Å². The number of halogens is 1. The number of ether oxygens (including phenoxy) is 1. The van der Waals surface area contributed by atoms with E-state index in [2.05, 4.69) is 0 Å². The quantitative estimate of drug-likeness (QED) is 0.474. The fourth-order valence-electron chi connectivity index (χ4n) is 4.21. The number of anilines is 1. The summed E-state index contributed by atoms with van der Waals surface area (Å²) < 4.78 is 18.5. The van der Waals surface area contributed by atoms with Gasteiger partial charge >= 0.3 is 0 Å². The molecule has 0 aromatic heterocycles. The zero-order valence-electron chi connectivity index (χ0n) is 16.4. The van der Waals surface area contributed by atoms with Crippen LogP contribution in [0.15, 0.2) is 54.1 Å². The number of carbonyl (C=O) groups is 3. The van der Waals surface area contributed by atoms with E-state index in [4.69, 9.17) is 4.74 Å². The molecule has 0 saturated carbocycles.